The Bertz CT molecular complexity index is 915. The normalized spacial score (nSPS) is 41.8. The van der Waals surface area contributed by atoms with Crippen LogP contribution in [0.3, 0.4) is 0 Å². The molecule has 31 heavy (non-hydrogen) atoms. The van der Waals surface area contributed by atoms with Crippen molar-refractivity contribution in [2.24, 2.45) is 34.5 Å². The highest BCUT2D eigenvalue weighted by Gasteiger charge is 2.62. The third-order valence-electron chi connectivity index (χ3n) is 9.49. The third kappa shape index (κ3) is 3.12. The first-order chi connectivity index (χ1) is 14.8. The summed E-state index contributed by atoms with van der Waals surface area (Å²) >= 11 is 1.68. The van der Waals surface area contributed by atoms with Crippen molar-refractivity contribution in [3.63, 3.8) is 0 Å². The SMILES string of the molecule is CN1C(=O)C(F)=C[C@]2(C)C3CC[C@]4(C)[C@@H](C(=O)NCc5cccs5)CC[C@H]4C3CC[C@@H]12. The molecule has 3 saturated carbocycles. The van der Waals surface area contributed by atoms with Crippen LogP contribution in [0, 0.1) is 34.5 Å². The summed E-state index contributed by atoms with van der Waals surface area (Å²) in [5.41, 5.74) is -0.293. The topological polar surface area (TPSA) is 49.4 Å². The van der Waals surface area contributed by atoms with Gasteiger partial charge in [0.25, 0.3) is 5.91 Å². The fourth-order valence-electron chi connectivity index (χ4n) is 7.97. The molecule has 5 rings (SSSR count). The number of fused-ring (bicyclic) bond motifs is 5. The van der Waals surface area contributed by atoms with E-state index in [2.05, 4.69) is 25.2 Å². The van der Waals surface area contributed by atoms with Crippen LogP contribution < -0.4 is 5.32 Å². The molecule has 0 spiro atoms. The lowest BCUT2D eigenvalue weighted by atomic mass is 9.47. The van der Waals surface area contributed by atoms with E-state index in [4.69, 9.17) is 0 Å². The molecule has 2 heterocycles. The van der Waals surface area contributed by atoms with Crippen LogP contribution in [0.15, 0.2) is 29.4 Å². The molecule has 7 atom stereocenters. The van der Waals surface area contributed by atoms with E-state index in [9.17, 15) is 14.0 Å². The third-order valence-corrected chi connectivity index (χ3v) is 10.4. The van der Waals surface area contributed by atoms with Gasteiger partial charge >= 0.3 is 0 Å². The van der Waals surface area contributed by atoms with Gasteiger partial charge in [-0.15, -0.1) is 11.3 Å². The Morgan fingerprint density at radius 2 is 2.03 bits per heavy atom. The van der Waals surface area contributed by atoms with Gasteiger partial charge in [-0.3, -0.25) is 9.59 Å². The van der Waals surface area contributed by atoms with Gasteiger partial charge in [-0.05, 0) is 79.2 Å². The minimum Gasteiger partial charge on any atom is -0.351 e. The largest absolute Gasteiger partial charge is 0.351 e. The number of rotatable bonds is 3. The van der Waals surface area contributed by atoms with Crippen molar-refractivity contribution in [1.82, 2.24) is 10.2 Å². The van der Waals surface area contributed by atoms with E-state index < -0.39 is 11.7 Å². The van der Waals surface area contributed by atoms with Crippen LogP contribution in [0.4, 0.5) is 4.39 Å². The number of nitrogens with one attached hydrogen (secondary N) is 1. The molecule has 2 amide bonds. The molecule has 1 aromatic heterocycles. The lowest BCUT2D eigenvalue weighted by Crippen LogP contribution is -2.60. The average molecular weight is 445 g/mol. The number of hydrogen-bond donors (Lipinski definition) is 1. The highest BCUT2D eigenvalue weighted by molar-refractivity contribution is 7.09. The monoisotopic (exact) mass is 444 g/mol. The summed E-state index contributed by atoms with van der Waals surface area (Å²) in [4.78, 5) is 28.2. The predicted molar refractivity (Wildman–Crippen MR) is 120 cm³/mol. The zero-order valence-electron chi connectivity index (χ0n) is 18.7. The predicted octanol–water partition coefficient (Wildman–Crippen LogP) is 4.92. The Labute approximate surface area is 188 Å². The minimum atomic E-state index is -0.590. The Hall–Kier alpha value is -1.69. The van der Waals surface area contributed by atoms with Crippen molar-refractivity contribution in [3.05, 3.63) is 34.3 Å². The summed E-state index contributed by atoms with van der Waals surface area (Å²) in [5.74, 6) is 0.579. The van der Waals surface area contributed by atoms with Gasteiger partial charge < -0.3 is 10.2 Å². The second-order valence-corrected chi connectivity index (χ2v) is 11.7. The molecule has 168 valence electrons. The lowest BCUT2D eigenvalue weighted by molar-refractivity contribution is -0.145. The van der Waals surface area contributed by atoms with Gasteiger partial charge in [-0.25, -0.2) is 4.39 Å². The maximum Gasteiger partial charge on any atom is 0.282 e. The number of halogens is 1. The Kier molecular flexibility index (Phi) is 5.07. The van der Waals surface area contributed by atoms with E-state index in [1.165, 1.54) is 4.88 Å². The number of amides is 2. The molecule has 0 aromatic carbocycles. The molecule has 1 aliphatic heterocycles. The van der Waals surface area contributed by atoms with Crippen LogP contribution in [0.2, 0.25) is 0 Å². The van der Waals surface area contributed by atoms with Crippen LogP contribution in [-0.2, 0) is 16.1 Å². The van der Waals surface area contributed by atoms with Crippen LogP contribution in [0.25, 0.3) is 0 Å². The Morgan fingerprint density at radius 3 is 2.77 bits per heavy atom. The molecule has 1 N–H and O–H groups in total. The van der Waals surface area contributed by atoms with Crippen molar-refractivity contribution < 1.29 is 14.0 Å². The van der Waals surface area contributed by atoms with Crippen molar-refractivity contribution in [2.75, 3.05) is 7.05 Å². The highest BCUT2D eigenvalue weighted by Crippen LogP contribution is 2.65. The van der Waals surface area contributed by atoms with E-state index in [1.807, 2.05) is 11.4 Å². The molecule has 6 heteroatoms. The molecule has 0 bridgehead atoms. The molecule has 4 nitrogen and oxygen atoms in total. The van der Waals surface area contributed by atoms with Gasteiger partial charge in [0.1, 0.15) is 0 Å². The first kappa shape index (κ1) is 21.2. The summed E-state index contributed by atoms with van der Waals surface area (Å²) in [7, 11) is 1.76. The average Bonchev–Trinajstić information content (AvgIpc) is 3.37. The summed E-state index contributed by atoms with van der Waals surface area (Å²) < 4.78 is 14.5. The standard InChI is InChI=1S/C25H33FN2O2S/c1-24-11-10-18-16(6-9-21-25(18,2)13-20(26)23(30)28(21)3)17(24)7-8-19(24)22(29)27-14-15-5-4-12-31-15/h4-5,12-13,16-19,21H,6-11,14H2,1-3H3,(H,27,29)/t16?,17-,18?,19+,21+,24-,25+/m0/s1. The first-order valence-corrected chi connectivity index (χ1v) is 12.6. The van der Waals surface area contributed by atoms with E-state index in [-0.39, 0.29) is 28.7 Å². The van der Waals surface area contributed by atoms with Crippen LogP contribution in [-0.4, -0.2) is 29.8 Å². The number of likely N-dealkylation sites (N-methyl/N-ethyl adjacent to an activating group) is 1. The number of thiophene rings is 1. The number of hydrogen-bond acceptors (Lipinski definition) is 3. The second kappa shape index (κ2) is 7.43. The molecule has 3 fully saturated rings. The van der Waals surface area contributed by atoms with Crippen LogP contribution >= 0.6 is 11.3 Å². The Balaban J connectivity index is 1.36. The van der Waals surface area contributed by atoms with Gasteiger partial charge in [0.15, 0.2) is 5.83 Å². The lowest BCUT2D eigenvalue weighted by Gasteiger charge is -2.60. The number of carbonyl (C=O) groups excluding carboxylic acids is 2. The van der Waals surface area contributed by atoms with Gasteiger partial charge in [0, 0.05) is 29.3 Å². The molecule has 0 radical (unpaired) electrons. The van der Waals surface area contributed by atoms with Crippen molar-refractivity contribution in [1.29, 1.82) is 0 Å². The maximum atomic E-state index is 14.5. The number of carbonyl (C=O) groups is 2. The van der Waals surface area contributed by atoms with Gasteiger partial charge in [-0.1, -0.05) is 19.9 Å². The van der Waals surface area contributed by atoms with Crippen molar-refractivity contribution >= 4 is 23.2 Å². The Morgan fingerprint density at radius 1 is 1.23 bits per heavy atom. The van der Waals surface area contributed by atoms with E-state index >= 15 is 0 Å². The summed E-state index contributed by atoms with van der Waals surface area (Å²) in [6, 6.07) is 4.16. The van der Waals surface area contributed by atoms with Crippen molar-refractivity contribution in [2.45, 2.75) is 65.0 Å². The van der Waals surface area contributed by atoms with E-state index in [0.717, 1.165) is 38.5 Å². The van der Waals surface area contributed by atoms with Crippen molar-refractivity contribution in [3.8, 4) is 0 Å². The molecule has 1 aromatic rings. The fourth-order valence-corrected chi connectivity index (χ4v) is 8.62. The van der Waals surface area contributed by atoms with Gasteiger partial charge in [0.2, 0.25) is 5.91 Å². The molecule has 4 aliphatic rings. The zero-order chi connectivity index (χ0) is 22.0. The molecule has 3 aliphatic carbocycles. The molecule has 0 saturated heterocycles. The molecular weight excluding hydrogens is 411 g/mol. The maximum absolute atomic E-state index is 14.5. The first-order valence-electron chi connectivity index (χ1n) is 11.7. The summed E-state index contributed by atoms with van der Waals surface area (Å²) in [5, 5.41) is 5.24. The smallest absolute Gasteiger partial charge is 0.282 e. The summed E-state index contributed by atoms with van der Waals surface area (Å²) in [6.07, 6.45) is 7.68. The number of nitrogens with zero attached hydrogens (tertiary/aromatic N) is 1. The van der Waals surface area contributed by atoms with Gasteiger partial charge in [0.05, 0.1) is 6.54 Å². The minimum absolute atomic E-state index is 0.0164. The quantitative estimate of drug-likeness (QED) is 0.720. The van der Waals surface area contributed by atoms with E-state index in [1.54, 1.807) is 29.4 Å². The second-order valence-electron chi connectivity index (χ2n) is 10.7. The fraction of sp³-hybridized carbons (Fsp3) is 0.680. The van der Waals surface area contributed by atoms with Crippen LogP contribution in [0.5, 0.6) is 0 Å². The molecule has 2 unspecified atom stereocenters. The van der Waals surface area contributed by atoms with Crippen LogP contribution in [0.1, 0.15) is 57.2 Å². The van der Waals surface area contributed by atoms with E-state index in [0.29, 0.717) is 24.3 Å². The highest BCUT2D eigenvalue weighted by atomic mass is 32.1. The van der Waals surface area contributed by atoms with Gasteiger partial charge in [-0.2, -0.15) is 0 Å². The zero-order valence-corrected chi connectivity index (χ0v) is 19.5. The molecular formula is C25H33FN2O2S. The summed E-state index contributed by atoms with van der Waals surface area (Å²) in [6.45, 7) is 5.11.